The molecule has 1 aliphatic heterocycles. The van der Waals surface area contributed by atoms with Crippen LogP contribution in [0.1, 0.15) is 12.8 Å². The van der Waals surface area contributed by atoms with Gasteiger partial charge < -0.3 is 5.32 Å². The number of piperidine rings is 1. The number of nitrogens with zero attached hydrogens (tertiary/aromatic N) is 1. The van der Waals surface area contributed by atoms with E-state index >= 15 is 0 Å². The van der Waals surface area contributed by atoms with Crippen molar-refractivity contribution in [1.82, 2.24) is 9.62 Å². The van der Waals surface area contributed by atoms with Crippen molar-refractivity contribution in [3.05, 3.63) is 29.0 Å². The molecular formula is C12H17Cl2FN2O2S. The first-order chi connectivity index (χ1) is 8.95. The van der Waals surface area contributed by atoms with Gasteiger partial charge in [-0.25, -0.2) is 12.8 Å². The Balaban J connectivity index is 0.00000200. The molecule has 0 saturated carbocycles. The van der Waals surface area contributed by atoms with Gasteiger partial charge in [-0.1, -0.05) is 11.6 Å². The lowest BCUT2D eigenvalue weighted by Gasteiger charge is -2.31. The molecule has 8 heteroatoms. The fourth-order valence-electron chi connectivity index (χ4n) is 2.21. The van der Waals surface area contributed by atoms with Crippen molar-refractivity contribution in [3.8, 4) is 0 Å². The van der Waals surface area contributed by atoms with E-state index in [1.165, 1.54) is 10.4 Å². The second-order valence-corrected chi connectivity index (χ2v) is 6.91. The minimum atomic E-state index is -3.82. The molecule has 1 heterocycles. The number of sulfonamides is 1. The van der Waals surface area contributed by atoms with Gasteiger partial charge >= 0.3 is 0 Å². The van der Waals surface area contributed by atoms with Crippen LogP contribution in [-0.2, 0) is 10.0 Å². The number of halogens is 3. The summed E-state index contributed by atoms with van der Waals surface area (Å²) in [6.07, 6.45) is 1.67. The fourth-order valence-corrected chi connectivity index (χ4v) is 4.06. The van der Waals surface area contributed by atoms with Crippen LogP contribution in [0.25, 0.3) is 0 Å². The first kappa shape index (κ1) is 17.7. The molecule has 114 valence electrons. The number of nitrogens with one attached hydrogen (secondary N) is 1. The number of hydrogen-bond acceptors (Lipinski definition) is 3. The molecule has 0 bridgehead atoms. The second-order valence-electron chi connectivity index (χ2n) is 4.57. The lowest BCUT2D eigenvalue weighted by molar-refractivity contribution is 0.292. The van der Waals surface area contributed by atoms with Gasteiger partial charge in [-0.2, -0.15) is 4.31 Å². The van der Waals surface area contributed by atoms with E-state index < -0.39 is 15.8 Å². The summed E-state index contributed by atoms with van der Waals surface area (Å²) in [5.74, 6) is -0.768. The molecule has 0 aliphatic carbocycles. The molecule has 1 N–H and O–H groups in total. The summed E-state index contributed by atoms with van der Waals surface area (Å²) in [7, 11) is -2.03. The molecular weight excluding hydrogens is 326 g/mol. The van der Waals surface area contributed by atoms with Gasteiger partial charge in [-0.05, 0) is 38.1 Å². The van der Waals surface area contributed by atoms with Crippen LogP contribution in [-0.4, -0.2) is 38.9 Å². The normalized spacial score (nSPS) is 20.4. The highest BCUT2D eigenvalue weighted by Gasteiger charge is 2.31. The van der Waals surface area contributed by atoms with E-state index in [4.69, 9.17) is 11.6 Å². The second kappa shape index (κ2) is 7.04. The first-order valence-corrected chi connectivity index (χ1v) is 7.89. The maximum atomic E-state index is 13.7. The zero-order valence-corrected chi connectivity index (χ0v) is 13.4. The molecule has 1 atom stereocenters. The van der Waals surface area contributed by atoms with Crippen molar-refractivity contribution in [2.24, 2.45) is 0 Å². The Morgan fingerprint density at radius 3 is 2.80 bits per heavy atom. The summed E-state index contributed by atoms with van der Waals surface area (Å²) in [6.45, 7) is 0.761. The molecule has 20 heavy (non-hydrogen) atoms. The van der Waals surface area contributed by atoms with Gasteiger partial charge in [0.05, 0.1) is 0 Å². The summed E-state index contributed by atoms with van der Waals surface area (Å²) in [5.41, 5.74) is 0. The smallest absolute Gasteiger partial charge is 0.246 e. The number of rotatable bonds is 3. The van der Waals surface area contributed by atoms with E-state index in [0.717, 1.165) is 25.0 Å². The van der Waals surface area contributed by atoms with Crippen LogP contribution < -0.4 is 5.32 Å². The number of hydrogen-bond donors (Lipinski definition) is 1. The topological polar surface area (TPSA) is 49.4 Å². The Kier molecular flexibility index (Phi) is 6.22. The van der Waals surface area contributed by atoms with Crippen LogP contribution in [0.15, 0.2) is 23.1 Å². The zero-order chi connectivity index (χ0) is 14.0. The van der Waals surface area contributed by atoms with Gasteiger partial charge in [0, 0.05) is 24.2 Å². The van der Waals surface area contributed by atoms with Crippen LogP contribution in [0.2, 0.25) is 5.02 Å². The van der Waals surface area contributed by atoms with Crippen molar-refractivity contribution in [2.75, 3.05) is 20.1 Å². The van der Waals surface area contributed by atoms with Crippen molar-refractivity contribution in [2.45, 2.75) is 23.8 Å². The van der Waals surface area contributed by atoms with Crippen LogP contribution in [0.5, 0.6) is 0 Å². The predicted octanol–water partition coefficient (Wildman–Crippen LogP) is 2.27. The lowest BCUT2D eigenvalue weighted by Crippen LogP contribution is -2.47. The van der Waals surface area contributed by atoms with E-state index in [1.807, 2.05) is 0 Å². The average molecular weight is 343 g/mol. The summed E-state index contributed by atoms with van der Waals surface area (Å²) in [6, 6.07) is 3.68. The molecule has 0 amide bonds. The molecule has 1 saturated heterocycles. The van der Waals surface area contributed by atoms with Gasteiger partial charge in [0.1, 0.15) is 10.7 Å². The predicted molar refractivity (Wildman–Crippen MR) is 79.5 cm³/mol. The first-order valence-electron chi connectivity index (χ1n) is 6.07. The van der Waals surface area contributed by atoms with Crippen molar-refractivity contribution >= 4 is 34.0 Å². The van der Waals surface area contributed by atoms with Gasteiger partial charge in [0.2, 0.25) is 10.0 Å². The van der Waals surface area contributed by atoms with Crippen molar-refractivity contribution in [3.63, 3.8) is 0 Å². The van der Waals surface area contributed by atoms with Gasteiger partial charge in [0.15, 0.2) is 0 Å². The minimum absolute atomic E-state index is 0. The molecule has 4 nitrogen and oxygen atoms in total. The monoisotopic (exact) mass is 342 g/mol. The molecule has 0 spiro atoms. The summed E-state index contributed by atoms with van der Waals surface area (Å²) >= 11 is 5.76. The summed E-state index contributed by atoms with van der Waals surface area (Å²) < 4.78 is 39.9. The third kappa shape index (κ3) is 3.62. The van der Waals surface area contributed by atoms with Crippen molar-refractivity contribution in [1.29, 1.82) is 0 Å². The standard InChI is InChI=1S/C12H16ClFN2O2S.ClH/c1-15-10-3-2-6-16(8-10)19(17,18)12-7-9(13)4-5-11(12)14;/h4-5,7,10,15H,2-3,6,8H2,1H3;1H. The van der Waals surface area contributed by atoms with E-state index in [9.17, 15) is 12.8 Å². The van der Waals surface area contributed by atoms with Crippen LogP contribution in [0.3, 0.4) is 0 Å². The molecule has 1 unspecified atom stereocenters. The quantitative estimate of drug-likeness (QED) is 0.916. The Hall–Kier alpha value is -0.400. The third-order valence-corrected chi connectivity index (χ3v) is 5.42. The Morgan fingerprint density at radius 2 is 2.15 bits per heavy atom. The van der Waals surface area contributed by atoms with Crippen LogP contribution in [0.4, 0.5) is 4.39 Å². The van der Waals surface area contributed by atoms with Crippen LogP contribution in [0, 0.1) is 5.82 Å². The van der Waals surface area contributed by atoms with E-state index in [0.29, 0.717) is 13.1 Å². The SMILES string of the molecule is CNC1CCCN(S(=O)(=O)c2cc(Cl)ccc2F)C1.Cl. The Labute approximate surface area is 129 Å². The highest BCUT2D eigenvalue weighted by atomic mass is 35.5. The third-order valence-electron chi connectivity index (χ3n) is 3.30. The minimum Gasteiger partial charge on any atom is -0.316 e. The maximum Gasteiger partial charge on any atom is 0.246 e. The van der Waals surface area contributed by atoms with E-state index in [2.05, 4.69) is 5.32 Å². The van der Waals surface area contributed by atoms with E-state index in [1.54, 1.807) is 7.05 Å². The lowest BCUT2D eigenvalue weighted by atomic mass is 10.1. The Bertz CT molecular complexity index is 569. The maximum absolute atomic E-state index is 13.7. The largest absolute Gasteiger partial charge is 0.316 e. The highest BCUT2D eigenvalue weighted by molar-refractivity contribution is 7.89. The average Bonchev–Trinajstić information content (AvgIpc) is 2.41. The highest BCUT2D eigenvalue weighted by Crippen LogP contribution is 2.25. The van der Waals surface area contributed by atoms with Gasteiger partial charge in [-0.3, -0.25) is 0 Å². The molecule has 1 aromatic carbocycles. The van der Waals surface area contributed by atoms with Crippen LogP contribution >= 0.6 is 24.0 Å². The zero-order valence-electron chi connectivity index (χ0n) is 11.0. The molecule has 0 radical (unpaired) electrons. The van der Waals surface area contributed by atoms with Crippen molar-refractivity contribution < 1.29 is 12.8 Å². The molecule has 1 aliphatic rings. The van der Waals surface area contributed by atoms with E-state index in [-0.39, 0.29) is 28.4 Å². The fraction of sp³-hybridized carbons (Fsp3) is 0.500. The molecule has 1 aromatic rings. The van der Waals surface area contributed by atoms with Gasteiger partial charge in [0.25, 0.3) is 0 Å². The van der Waals surface area contributed by atoms with Gasteiger partial charge in [-0.15, -0.1) is 12.4 Å². The number of likely N-dealkylation sites (N-methyl/N-ethyl adjacent to an activating group) is 1. The molecule has 2 rings (SSSR count). The summed E-state index contributed by atoms with van der Waals surface area (Å²) in [4.78, 5) is -0.350. The Morgan fingerprint density at radius 1 is 1.45 bits per heavy atom. The molecule has 0 aromatic heterocycles. The molecule has 1 fully saturated rings. The number of benzene rings is 1. The summed E-state index contributed by atoms with van der Waals surface area (Å²) in [5, 5.41) is 3.27.